The second-order valence-corrected chi connectivity index (χ2v) is 6.68. The van der Waals surface area contributed by atoms with Crippen molar-refractivity contribution >= 4 is 16.8 Å². The predicted molar refractivity (Wildman–Crippen MR) is 98.8 cm³/mol. The van der Waals surface area contributed by atoms with Crippen molar-refractivity contribution < 1.29 is 14.6 Å². The molecule has 1 fully saturated rings. The van der Waals surface area contributed by atoms with Gasteiger partial charge in [-0.05, 0) is 42.7 Å². The van der Waals surface area contributed by atoms with E-state index in [1.54, 1.807) is 11.8 Å². The van der Waals surface area contributed by atoms with E-state index in [4.69, 9.17) is 4.74 Å². The maximum absolute atomic E-state index is 12.1. The lowest BCUT2D eigenvalue weighted by Gasteiger charge is -2.18. The SMILES string of the molecule is C[C@@H](O)[C@@H]1CCN(C(=O)NCCCOc2ccc3ccccc3c2)C1. The fraction of sp³-hybridized carbons (Fsp3) is 0.450. The van der Waals surface area contributed by atoms with Gasteiger partial charge in [0.05, 0.1) is 12.7 Å². The molecule has 1 saturated heterocycles. The molecule has 2 aromatic rings. The number of nitrogens with one attached hydrogen (secondary N) is 1. The third-order valence-electron chi connectivity index (χ3n) is 4.78. The first-order valence-corrected chi connectivity index (χ1v) is 8.96. The number of rotatable bonds is 6. The molecule has 1 aliphatic heterocycles. The summed E-state index contributed by atoms with van der Waals surface area (Å²) in [6.07, 6.45) is 1.27. The van der Waals surface area contributed by atoms with E-state index in [-0.39, 0.29) is 18.1 Å². The average Bonchev–Trinajstić information content (AvgIpc) is 3.12. The van der Waals surface area contributed by atoms with Gasteiger partial charge in [-0.15, -0.1) is 0 Å². The zero-order valence-corrected chi connectivity index (χ0v) is 14.6. The van der Waals surface area contributed by atoms with Crippen molar-refractivity contribution in [2.24, 2.45) is 5.92 Å². The number of aliphatic hydroxyl groups excluding tert-OH is 1. The Hall–Kier alpha value is -2.27. The van der Waals surface area contributed by atoms with Crippen LogP contribution in [0.1, 0.15) is 19.8 Å². The third-order valence-corrected chi connectivity index (χ3v) is 4.78. The number of carbonyl (C=O) groups excluding carboxylic acids is 1. The first-order valence-electron chi connectivity index (χ1n) is 8.96. The number of urea groups is 1. The maximum atomic E-state index is 12.1. The highest BCUT2D eigenvalue weighted by atomic mass is 16.5. The summed E-state index contributed by atoms with van der Waals surface area (Å²) in [5, 5.41) is 14.9. The largest absolute Gasteiger partial charge is 0.494 e. The molecule has 25 heavy (non-hydrogen) atoms. The lowest BCUT2D eigenvalue weighted by molar-refractivity contribution is 0.129. The quantitative estimate of drug-likeness (QED) is 0.793. The minimum Gasteiger partial charge on any atom is -0.494 e. The number of hydrogen-bond acceptors (Lipinski definition) is 3. The third kappa shape index (κ3) is 4.63. The van der Waals surface area contributed by atoms with Crippen molar-refractivity contribution in [3.05, 3.63) is 42.5 Å². The summed E-state index contributed by atoms with van der Waals surface area (Å²) in [7, 11) is 0. The zero-order chi connectivity index (χ0) is 17.6. The fourth-order valence-electron chi connectivity index (χ4n) is 3.19. The van der Waals surface area contributed by atoms with Gasteiger partial charge in [0.2, 0.25) is 0 Å². The Labute approximate surface area is 148 Å². The van der Waals surface area contributed by atoms with Crippen LogP contribution in [0, 0.1) is 5.92 Å². The molecular weight excluding hydrogens is 316 g/mol. The molecule has 0 radical (unpaired) electrons. The van der Waals surface area contributed by atoms with E-state index in [2.05, 4.69) is 23.5 Å². The molecule has 1 aliphatic rings. The van der Waals surface area contributed by atoms with E-state index in [1.165, 1.54) is 5.39 Å². The molecule has 2 amide bonds. The first-order chi connectivity index (χ1) is 12.1. The second kappa shape index (κ2) is 8.21. The van der Waals surface area contributed by atoms with Crippen LogP contribution in [0.25, 0.3) is 10.8 Å². The van der Waals surface area contributed by atoms with Gasteiger partial charge < -0.3 is 20.1 Å². The van der Waals surface area contributed by atoms with Gasteiger partial charge in [0.15, 0.2) is 0 Å². The van der Waals surface area contributed by atoms with Gasteiger partial charge in [0.1, 0.15) is 5.75 Å². The number of benzene rings is 2. The number of aliphatic hydroxyl groups is 1. The smallest absolute Gasteiger partial charge is 0.317 e. The van der Waals surface area contributed by atoms with E-state index < -0.39 is 0 Å². The molecule has 5 nitrogen and oxygen atoms in total. The Bertz CT molecular complexity index is 717. The second-order valence-electron chi connectivity index (χ2n) is 6.68. The number of ether oxygens (including phenoxy) is 1. The predicted octanol–water partition coefficient (Wildman–Crippen LogP) is 3.02. The van der Waals surface area contributed by atoms with E-state index >= 15 is 0 Å². The topological polar surface area (TPSA) is 61.8 Å². The Morgan fingerprint density at radius 3 is 2.88 bits per heavy atom. The van der Waals surface area contributed by atoms with Crippen LogP contribution in [0.2, 0.25) is 0 Å². The Morgan fingerprint density at radius 1 is 1.32 bits per heavy atom. The summed E-state index contributed by atoms with van der Waals surface area (Å²) in [5.41, 5.74) is 0. The zero-order valence-electron chi connectivity index (χ0n) is 14.6. The number of nitrogens with zero attached hydrogens (tertiary/aromatic N) is 1. The summed E-state index contributed by atoms with van der Waals surface area (Å²) >= 11 is 0. The van der Waals surface area contributed by atoms with Crippen molar-refractivity contribution in [2.75, 3.05) is 26.2 Å². The Morgan fingerprint density at radius 2 is 2.12 bits per heavy atom. The van der Waals surface area contributed by atoms with E-state index in [0.29, 0.717) is 19.7 Å². The molecule has 2 aromatic carbocycles. The van der Waals surface area contributed by atoms with Crippen molar-refractivity contribution in [1.29, 1.82) is 0 Å². The molecule has 1 heterocycles. The lowest BCUT2D eigenvalue weighted by atomic mass is 10.0. The van der Waals surface area contributed by atoms with Gasteiger partial charge in [0, 0.05) is 25.6 Å². The molecule has 0 aromatic heterocycles. The summed E-state index contributed by atoms with van der Waals surface area (Å²) in [6.45, 7) is 4.29. The molecule has 2 atom stereocenters. The molecule has 0 bridgehead atoms. The summed E-state index contributed by atoms with van der Waals surface area (Å²) in [6, 6.07) is 14.2. The maximum Gasteiger partial charge on any atom is 0.317 e. The van der Waals surface area contributed by atoms with Gasteiger partial charge in [-0.25, -0.2) is 4.79 Å². The van der Waals surface area contributed by atoms with Gasteiger partial charge in [-0.1, -0.05) is 30.3 Å². The van der Waals surface area contributed by atoms with E-state index in [0.717, 1.165) is 30.5 Å². The molecule has 0 aliphatic carbocycles. The summed E-state index contributed by atoms with van der Waals surface area (Å²) in [5.74, 6) is 1.05. The number of likely N-dealkylation sites (tertiary alicyclic amines) is 1. The van der Waals surface area contributed by atoms with Crippen LogP contribution in [0.3, 0.4) is 0 Å². The molecule has 0 saturated carbocycles. The van der Waals surface area contributed by atoms with Crippen LogP contribution in [0.4, 0.5) is 4.79 Å². The lowest BCUT2D eigenvalue weighted by Crippen LogP contribution is -2.39. The molecule has 2 N–H and O–H groups in total. The number of fused-ring (bicyclic) bond motifs is 1. The fourth-order valence-corrected chi connectivity index (χ4v) is 3.19. The molecule has 0 unspecified atom stereocenters. The van der Waals surface area contributed by atoms with Gasteiger partial charge in [0.25, 0.3) is 0 Å². The molecular formula is C20H26N2O3. The highest BCUT2D eigenvalue weighted by Gasteiger charge is 2.28. The molecule has 5 heteroatoms. The minimum atomic E-state index is -0.354. The molecule has 134 valence electrons. The Balaban J connectivity index is 1.36. The van der Waals surface area contributed by atoms with Crippen LogP contribution in [0.5, 0.6) is 5.75 Å². The van der Waals surface area contributed by atoms with Crippen molar-refractivity contribution in [3.8, 4) is 5.75 Å². The highest BCUT2D eigenvalue weighted by Crippen LogP contribution is 2.21. The van der Waals surface area contributed by atoms with E-state index in [1.807, 2.05) is 24.3 Å². The van der Waals surface area contributed by atoms with Crippen molar-refractivity contribution in [1.82, 2.24) is 10.2 Å². The van der Waals surface area contributed by atoms with Crippen molar-refractivity contribution in [3.63, 3.8) is 0 Å². The van der Waals surface area contributed by atoms with Gasteiger partial charge in [-0.3, -0.25) is 0 Å². The van der Waals surface area contributed by atoms with Crippen LogP contribution in [-0.4, -0.2) is 48.4 Å². The average molecular weight is 342 g/mol. The van der Waals surface area contributed by atoms with Crippen LogP contribution in [-0.2, 0) is 0 Å². The van der Waals surface area contributed by atoms with E-state index in [9.17, 15) is 9.90 Å². The number of amides is 2. The van der Waals surface area contributed by atoms with Crippen LogP contribution < -0.4 is 10.1 Å². The number of carbonyl (C=O) groups is 1. The van der Waals surface area contributed by atoms with Crippen molar-refractivity contribution in [2.45, 2.75) is 25.9 Å². The van der Waals surface area contributed by atoms with Crippen LogP contribution in [0.15, 0.2) is 42.5 Å². The summed E-state index contributed by atoms with van der Waals surface area (Å²) < 4.78 is 5.77. The standard InChI is InChI=1S/C20H26N2O3/c1-15(23)18-9-11-22(14-18)20(24)21-10-4-12-25-19-8-7-16-5-2-3-6-17(16)13-19/h2-3,5-8,13,15,18,23H,4,9-12,14H2,1H3,(H,21,24)/t15-,18-/m1/s1. The molecule has 0 spiro atoms. The minimum absolute atomic E-state index is 0.0474. The highest BCUT2D eigenvalue weighted by molar-refractivity contribution is 5.83. The Kier molecular flexibility index (Phi) is 5.76. The first kappa shape index (κ1) is 17.5. The monoisotopic (exact) mass is 342 g/mol. The number of hydrogen-bond donors (Lipinski definition) is 2. The van der Waals surface area contributed by atoms with Gasteiger partial charge in [-0.2, -0.15) is 0 Å². The van der Waals surface area contributed by atoms with Gasteiger partial charge >= 0.3 is 6.03 Å². The molecule has 3 rings (SSSR count). The normalized spacial score (nSPS) is 18.3. The summed E-state index contributed by atoms with van der Waals surface area (Å²) in [4.78, 5) is 13.9. The van der Waals surface area contributed by atoms with Crippen LogP contribution >= 0.6 is 0 Å².